The zero-order valence-corrected chi connectivity index (χ0v) is 16.3. The molecule has 7 heteroatoms. The minimum absolute atomic E-state index is 0.157. The second-order valence-electron chi connectivity index (χ2n) is 6.68. The number of anilines is 2. The van der Waals surface area contributed by atoms with E-state index in [4.69, 9.17) is 14.2 Å². The summed E-state index contributed by atoms with van der Waals surface area (Å²) in [5.41, 5.74) is 1.05. The number of amides is 2. The second-order valence-corrected chi connectivity index (χ2v) is 6.68. The Morgan fingerprint density at radius 1 is 1.00 bits per heavy atom. The number of fused-ring (bicyclic) bond motifs is 1. The molecule has 1 unspecified atom stereocenters. The van der Waals surface area contributed by atoms with Crippen molar-refractivity contribution in [3.05, 3.63) is 72.8 Å². The maximum Gasteiger partial charge on any atom is 0.265 e. The number of carbonyl (C=O) groups excluding carboxylic acids is 2. The van der Waals surface area contributed by atoms with Gasteiger partial charge in [0.1, 0.15) is 23.0 Å². The summed E-state index contributed by atoms with van der Waals surface area (Å²) in [6.07, 6.45) is -0.546. The van der Waals surface area contributed by atoms with E-state index in [-0.39, 0.29) is 18.4 Å². The number of hydrogen-bond acceptors (Lipinski definition) is 5. The van der Waals surface area contributed by atoms with E-state index in [0.717, 1.165) is 5.75 Å². The topological polar surface area (TPSA) is 85.9 Å². The number of hydrogen-bond donors (Lipinski definition) is 2. The Morgan fingerprint density at radius 3 is 2.47 bits per heavy atom. The van der Waals surface area contributed by atoms with Crippen LogP contribution < -0.4 is 24.8 Å². The van der Waals surface area contributed by atoms with Crippen molar-refractivity contribution >= 4 is 23.2 Å². The molecule has 2 amide bonds. The third kappa shape index (κ3) is 4.70. The van der Waals surface area contributed by atoms with Crippen molar-refractivity contribution < 1.29 is 23.8 Å². The van der Waals surface area contributed by atoms with E-state index in [0.29, 0.717) is 28.6 Å². The van der Waals surface area contributed by atoms with Gasteiger partial charge in [-0.1, -0.05) is 18.2 Å². The first-order valence-corrected chi connectivity index (χ1v) is 9.44. The Bertz CT molecular complexity index is 1050. The van der Waals surface area contributed by atoms with Gasteiger partial charge in [0, 0.05) is 5.69 Å². The molecule has 3 aromatic carbocycles. The minimum atomic E-state index is -0.546. The fraction of sp³-hybridized carbons (Fsp3) is 0.130. The molecule has 0 fully saturated rings. The molecule has 152 valence electrons. The van der Waals surface area contributed by atoms with Crippen molar-refractivity contribution in [2.75, 3.05) is 17.2 Å². The summed E-state index contributed by atoms with van der Waals surface area (Å²) in [6.45, 7) is 1.52. The molecule has 0 radical (unpaired) electrons. The molecule has 0 spiro atoms. The third-order valence-corrected chi connectivity index (χ3v) is 4.37. The summed E-state index contributed by atoms with van der Waals surface area (Å²) in [4.78, 5) is 23.9. The summed E-state index contributed by atoms with van der Waals surface area (Å²) in [5, 5.41) is 5.48. The van der Waals surface area contributed by atoms with E-state index < -0.39 is 6.10 Å². The van der Waals surface area contributed by atoms with E-state index >= 15 is 0 Å². The largest absolute Gasteiger partial charge is 0.484 e. The minimum Gasteiger partial charge on any atom is -0.484 e. The molecule has 3 aromatic rings. The van der Waals surface area contributed by atoms with Gasteiger partial charge in [-0.3, -0.25) is 9.59 Å². The average Bonchev–Trinajstić information content (AvgIpc) is 2.75. The van der Waals surface area contributed by atoms with Crippen molar-refractivity contribution in [3.63, 3.8) is 0 Å². The van der Waals surface area contributed by atoms with Crippen LogP contribution in [0.25, 0.3) is 0 Å². The van der Waals surface area contributed by atoms with Gasteiger partial charge in [0.05, 0.1) is 5.69 Å². The van der Waals surface area contributed by atoms with E-state index in [1.54, 1.807) is 49.4 Å². The Kier molecular flexibility index (Phi) is 5.52. The second kappa shape index (κ2) is 8.57. The zero-order chi connectivity index (χ0) is 20.9. The normalized spacial score (nSPS) is 14.7. The van der Waals surface area contributed by atoms with E-state index in [9.17, 15) is 9.59 Å². The quantitative estimate of drug-likeness (QED) is 0.643. The molecule has 4 rings (SSSR count). The number of benzene rings is 3. The highest BCUT2D eigenvalue weighted by molar-refractivity contribution is 5.99. The van der Waals surface area contributed by atoms with E-state index in [1.165, 1.54) is 0 Å². The van der Waals surface area contributed by atoms with Gasteiger partial charge in [-0.2, -0.15) is 0 Å². The van der Waals surface area contributed by atoms with Gasteiger partial charge in [0.15, 0.2) is 12.7 Å². The van der Waals surface area contributed by atoms with Gasteiger partial charge >= 0.3 is 0 Å². The molecule has 0 saturated heterocycles. The van der Waals surface area contributed by atoms with Crippen LogP contribution in [0.1, 0.15) is 6.92 Å². The Balaban J connectivity index is 1.30. The summed E-state index contributed by atoms with van der Waals surface area (Å²) >= 11 is 0. The highest BCUT2D eigenvalue weighted by Crippen LogP contribution is 2.32. The lowest BCUT2D eigenvalue weighted by atomic mass is 10.2. The number of nitrogens with one attached hydrogen (secondary N) is 2. The van der Waals surface area contributed by atoms with Crippen LogP contribution >= 0.6 is 0 Å². The first-order valence-electron chi connectivity index (χ1n) is 9.44. The first-order chi connectivity index (χ1) is 14.6. The van der Waals surface area contributed by atoms with Crippen molar-refractivity contribution in [1.82, 2.24) is 0 Å². The number of ether oxygens (including phenoxy) is 3. The molecule has 0 bridgehead atoms. The Morgan fingerprint density at radius 2 is 1.70 bits per heavy atom. The highest BCUT2D eigenvalue weighted by atomic mass is 16.5. The number of rotatable bonds is 6. The van der Waals surface area contributed by atoms with Crippen LogP contribution in [0.15, 0.2) is 72.8 Å². The molecule has 1 heterocycles. The van der Waals surface area contributed by atoms with E-state index in [1.807, 2.05) is 30.3 Å². The van der Waals surface area contributed by atoms with Gasteiger partial charge in [-0.15, -0.1) is 0 Å². The Hall–Kier alpha value is -4.00. The van der Waals surface area contributed by atoms with Gasteiger partial charge < -0.3 is 24.8 Å². The monoisotopic (exact) mass is 404 g/mol. The van der Waals surface area contributed by atoms with Crippen LogP contribution in [0.5, 0.6) is 23.0 Å². The number of para-hydroxylation sites is 1. The lowest BCUT2D eigenvalue weighted by molar-refractivity contribution is -0.122. The molecular weight excluding hydrogens is 384 g/mol. The molecule has 0 aromatic heterocycles. The Labute approximate surface area is 173 Å². The van der Waals surface area contributed by atoms with Crippen molar-refractivity contribution in [2.45, 2.75) is 13.0 Å². The van der Waals surface area contributed by atoms with Gasteiger partial charge in [-0.25, -0.2) is 0 Å². The molecular formula is C23H20N2O5. The van der Waals surface area contributed by atoms with Crippen LogP contribution in [0.4, 0.5) is 11.4 Å². The maximum absolute atomic E-state index is 12.2. The van der Waals surface area contributed by atoms with Gasteiger partial charge in [-0.05, 0) is 61.5 Å². The lowest BCUT2D eigenvalue weighted by Crippen LogP contribution is -2.34. The molecule has 1 aliphatic rings. The van der Waals surface area contributed by atoms with Crippen molar-refractivity contribution in [1.29, 1.82) is 0 Å². The zero-order valence-electron chi connectivity index (χ0n) is 16.3. The van der Waals surface area contributed by atoms with Crippen LogP contribution in [-0.4, -0.2) is 24.5 Å². The lowest BCUT2D eigenvalue weighted by Gasteiger charge is -2.23. The molecule has 1 aliphatic heterocycles. The molecule has 7 nitrogen and oxygen atoms in total. The standard InChI is InChI=1S/C23H20N2O5/c1-15-23(27)25-20-13-16(7-12-21(20)29-15)24-22(26)14-28-17-8-10-19(11-9-17)30-18-5-3-2-4-6-18/h2-13,15H,14H2,1H3,(H,24,26)(H,25,27). The molecule has 0 saturated carbocycles. The van der Waals surface area contributed by atoms with Crippen LogP contribution in [-0.2, 0) is 9.59 Å². The molecule has 1 atom stereocenters. The van der Waals surface area contributed by atoms with Crippen molar-refractivity contribution in [2.24, 2.45) is 0 Å². The SMILES string of the molecule is CC1Oc2ccc(NC(=O)COc3ccc(Oc4ccccc4)cc3)cc2NC1=O. The van der Waals surface area contributed by atoms with Gasteiger partial charge in [0.25, 0.3) is 11.8 Å². The molecule has 0 aliphatic carbocycles. The van der Waals surface area contributed by atoms with Crippen molar-refractivity contribution in [3.8, 4) is 23.0 Å². The highest BCUT2D eigenvalue weighted by Gasteiger charge is 2.23. The predicted octanol–water partition coefficient (Wildman–Crippen LogP) is 4.22. The smallest absolute Gasteiger partial charge is 0.265 e. The first kappa shape index (κ1) is 19.3. The summed E-state index contributed by atoms with van der Waals surface area (Å²) < 4.78 is 16.7. The average molecular weight is 404 g/mol. The fourth-order valence-electron chi connectivity index (χ4n) is 2.86. The maximum atomic E-state index is 12.2. The fourth-order valence-corrected chi connectivity index (χ4v) is 2.86. The predicted molar refractivity (Wildman–Crippen MR) is 112 cm³/mol. The summed E-state index contributed by atoms with van der Waals surface area (Å²) in [7, 11) is 0. The number of carbonyl (C=O) groups is 2. The third-order valence-electron chi connectivity index (χ3n) is 4.37. The van der Waals surface area contributed by atoms with Crippen LogP contribution in [0.2, 0.25) is 0 Å². The summed E-state index contributed by atoms with van der Waals surface area (Å²) in [5.74, 6) is 1.97. The van der Waals surface area contributed by atoms with Crippen LogP contribution in [0.3, 0.4) is 0 Å². The molecule has 2 N–H and O–H groups in total. The van der Waals surface area contributed by atoms with Crippen LogP contribution in [0, 0.1) is 0 Å². The molecule has 30 heavy (non-hydrogen) atoms. The van der Waals surface area contributed by atoms with Gasteiger partial charge in [0.2, 0.25) is 0 Å². The summed E-state index contributed by atoms with van der Waals surface area (Å²) in [6, 6.07) is 21.5. The van der Waals surface area contributed by atoms with E-state index in [2.05, 4.69) is 10.6 Å².